The molecule has 10 heteroatoms. The van der Waals surface area contributed by atoms with Crippen molar-refractivity contribution in [1.82, 2.24) is 25.1 Å². The minimum atomic E-state index is -0.263. The first-order chi connectivity index (χ1) is 18.6. The molecule has 0 aliphatic carbocycles. The molecule has 192 valence electrons. The van der Waals surface area contributed by atoms with Crippen LogP contribution in [0, 0.1) is 0 Å². The smallest absolute Gasteiger partial charge is 0.258 e. The number of carbonyl (C=O) groups is 1. The molecule has 0 saturated carbocycles. The number of amides is 1. The van der Waals surface area contributed by atoms with E-state index < -0.39 is 0 Å². The second kappa shape index (κ2) is 8.84. The number of ether oxygens (including phenoxy) is 3. The molecule has 1 aromatic heterocycles. The molecule has 0 fully saturated rings. The van der Waals surface area contributed by atoms with Gasteiger partial charge in [-0.25, -0.2) is 0 Å². The lowest BCUT2D eigenvalue weighted by Crippen LogP contribution is -2.35. The van der Waals surface area contributed by atoms with Gasteiger partial charge in [0.1, 0.15) is 6.04 Å². The van der Waals surface area contributed by atoms with Gasteiger partial charge < -0.3 is 19.1 Å². The van der Waals surface area contributed by atoms with Crippen molar-refractivity contribution in [3.63, 3.8) is 0 Å². The maximum absolute atomic E-state index is 13.3. The molecule has 1 amide bonds. The second-order valence-corrected chi connectivity index (χ2v) is 9.68. The van der Waals surface area contributed by atoms with Gasteiger partial charge in [-0.05, 0) is 77.8 Å². The number of rotatable bonds is 4. The van der Waals surface area contributed by atoms with Crippen LogP contribution in [0.5, 0.6) is 17.2 Å². The predicted octanol–water partition coefficient (Wildman–Crippen LogP) is 3.18. The standard InChI is InChI=1S/C28H26N6O4/c1-32-13-11-19-15-22-25(38-16-37-22)26(36-2)23(19)24(32)27-29-30-31-34(27)20-9-7-18(8-10-20)28(35)33-14-12-17-5-3-4-6-21(17)33/h3-10,15,24H,11-14,16H2,1-2H3/t24-/m0/s1. The highest BCUT2D eigenvalue weighted by atomic mass is 16.7. The summed E-state index contributed by atoms with van der Waals surface area (Å²) in [5.41, 5.74) is 5.67. The third kappa shape index (κ3) is 3.44. The van der Waals surface area contributed by atoms with Crippen molar-refractivity contribution in [2.75, 3.05) is 38.9 Å². The lowest BCUT2D eigenvalue weighted by molar-refractivity contribution is 0.0989. The van der Waals surface area contributed by atoms with E-state index in [9.17, 15) is 4.79 Å². The average molecular weight is 511 g/mol. The van der Waals surface area contributed by atoms with Gasteiger partial charge in [-0.2, -0.15) is 4.68 Å². The van der Waals surface area contributed by atoms with Crippen LogP contribution in [0.2, 0.25) is 0 Å². The average Bonchev–Trinajstić information content (AvgIpc) is 3.71. The Morgan fingerprint density at radius 1 is 1.03 bits per heavy atom. The molecule has 0 N–H and O–H groups in total. The van der Waals surface area contributed by atoms with Crippen molar-refractivity contribution in [2.24, 2.45) is 0 Å². The van der Waals surface area contributed by atoms with E-state index in [1.807, 2.05) is 60.5 Å². The van der Waals surface area contributed by atoms with E-state index in [2.05, 4.69) is 26.5 Å². The summed E-state index contributed by atoms with van der Waals surface area (Å²) in [6.07, 6.45) is 1.71. The Bertz CT molecular complexity index is 1550. The molecule has 3 aliphatic heterocycles. The van der Waals surface area contributed by atoms with Gasteiger partial charge in [-0.3, -0.25) is 9.69 Å². The fourth-order valence-electron chi connectivity index (χ4n) is 5.76. The molecule has 1 atom stereocenters. The Kier molecular flexibility index (Phi) is 5.29. The summed E-state index contributed by atoms with van der Waals surface area (Å²) >= 11 is 0. The van der Waals surface area contributed by atoms with Crippen LogP contribution in [0.4, 0.5) is 5.69 Å². The van der Waals surface area contributed by atoms with Gasteiger partial charge in [0, 0.05) is 29.9 Å². The Hall–Kier alpha value is -4.44. The first-order valence-corrected chi connectivity index (χ1v) is 12.6. The molecule has 7 rings (SSSR count). The molecular formula is C28H26N6O4. The number of likely N-dealkylation sites (N-methyl/N-ethyl adjacent to an activating group) is 1. The minimum absolute atomic E-state index is 0.0137. The minimum Gasteiger partial charge on any atom is -0.492 e. The number of benzene rings is 3. The third-order valence-corrected chi connectivity index (χ3v) is 7.63. The van der Waals surface area contributed by atoms with Gasteiger partial charge in [0.2, 0.25) is 12.5 Å². The molecule has 3 aromatic carbocycles. The Balaban J connectivity index is 1.24. The zero-order chi connectivity index (χ0) is 25.8. The lowest BCUT2D eigenvalue weighted by atomic mass is 9.90. The summed E-state index contributed by atoms with van der Waals surface area (Å²) in [6.45, 7) is 1.67. The van der Waals surface area contributed by atoms with Crippen molar-refractivity contribution >= 4 is 11.6 Å². The molecule has 4 aromatic rings. The molecule has 0 unspecified atom stereocenters. The van der Waals surface area contributed by atoms with E-state index in [0.29, 0.717) is 35.2 Å². The van der Waals surface area contributed by atoms with Crippen LogP contribution in [-0.4, -0.2) is 65.1 Å². The monoisotopic (exact) mass is 510 g/mol. The Morgan fingerprint density at radius 3 is 2.68 bits per heavy atom. The molecule has 0 saturated heterocycles. The molecule has 0 spiro atoms. The van der Waals surface area contributed by atoms with E-state index in [1.54, 1.807) is 11.8 Å². The quantitative estimate of drug-likeness (QED) is 0.413. The SMILES string of the molecule is COc1c2c(cc3c1[C@@H](c1nnnn1-c1ccc(C(=O)N4CCc5ccccc54)cc1)N(C)CC3)OCO2. The lowest BCUT2D eigenvalue weighted by Gasteiger charge is -2.34. The number of aromatic nitrogens is 4. The summed E-state index contributed by atoms with van der Waals surface area (Å²) in [5, 5.41) is 12.8. The highest BCUT2D eigenvalue weighted by Gasteiger charge is 2.38. The highest BCUT2D eigenvalue weighted by molar-refractivity contribution is 6.07. The van der Waals surface area contributed by atoms with Crippen LogP contribution in [0.25, 0.3) is 5.69 Å². The highest BCUT2D eigenvalue weighted by Crippen LogP contribution is 2.50. The fourth-order valence-corrected chi connectivity index (χ4v) is 5.76. The third-order valence-electron chi connectivity index (χ3n) is 7.63. The van der Waals surface area contributed by atoms with Gasteiger partial charge in [0.15, 0.2) is 17.3 Å². The van der Waals surface area contributed by atoms with Crippen molar-refractivity contribution in [1.29, 1.82) is 0 Å². The predicted molar refractivity (Wildman–Crippen MR) is 138 cm³/mol. The molecule has 10 nitrogen and oxygen atoms in total. The maximum atomic E-state index is 13.3. The maximum Gasteiger partial charge on any atom is 0.258 e. The van der Waals surface area contributed by atoms with Gasteiger partial charge >= 0.3 is 0 Å². The van der Waals surface area contributed by atoms with Crippen molar-refractivity contribution in [2.45, 2.75) is 18.9 Å². The summed E-state index contributed by atoms with van der Waals surface area (Å²) in [4.78, 5) is 17.4. The zero-order valence-electron chi connectivity index (χ0n) is 21.1. The number of hydrogen-bond acceptors (Lipinski definition) is 8. The largest absolute Gasteiger partial charge is 0.492 e. The summed E-state index contributed by atoms with van der Waals surface area (Å²) < 4.78 is 19.0. The first-order valence-electron chi connectivity index (χ1n) is 12.6. The number of methoxy groups -OCH3 is 1. The zero-order valence-corrected chi connectivity index (χ0v) is 21.1. The first kappa shape index (κ1) is 22.7. The second-order valence-electron chi connectivity index (χ2n) is 9.68. The van der Waals surface area contributed by atoms with Crippen LogP contribution in [0.15, 0.2) is 54.6 Å². The fraction of sp³-hybridized carbons (Fsp3) is 0.286. The van der Waals surface area contributed by atoms with E-state index >= 15 is 0 Å². The topological polar surface area (TPSA) is 94.8 Å². The van der Waals surface area contributed by atoms with E-state index in [-0.39, 0.29) is 18.7 Å². The van der Waals surface area contributed by atoms with Crippen LogP contribution in [-0.2, 0) is 12.8 Å². The summed E-state index contributed by atoms with van der Waals surface area (Å²) in [7, 11) is 3.69. The molecule has 38 heavy (non-hydrogen) atoms. The normalized spacial score (nSPS) is 17.8. The molecule has 0 radical (unpaired) electrons. The molecule has 3 aliphatic rings. The number of nitrogens with zero attached hydrogens (tertiary/aromatic N) is 6. The van der Waals surface area contributed by atoms with Crippen molar-refractivity contribution < 1.29 is 19.0 Å². The van der Waals surface area contributed by atoms with Crippen molar-refractivity contribution in [3.05, 3.63) is 82.7 Å². The van der Waals surface area contributed by atoms with E-state index in [0.717, 1.165) is 41.9 Å². The molecular weight excluding hydrogens is 484 g/mol. The number of hydrogen-bond donors (Lipinski definition) is 0. The number of anilines is 1. The number of fused-ring (bicyclic) bond motifs is 3. The van der Waals surface area contributed by atoms with Crippen LogP contribution >= 0.6 is 0 Å². The van der Waals surface area contributed by atoms with Crippen LogP contribution in [0.3, 0.4) is 0 Å². The summed E-state index contributed by atoms with van der Waals surface area (Å²) in [6, 6.07) is 17.3. The number of para-hydroxylation sites is 1. The Morgan fingerprint density at radius 2 is 1.84 bits per heavy atom. The number of carbonyl (C=O) groups excluding carboxylic acids is 1. The molecule has 0 bridgehead atoms. The van der Waals surface area contributed by atoms with Crippen LogP contribution in [0.1, 0.15) is 38.9 Å². The van der Waals surface area contributed by atoms with Gasteiger partial charge in [0.05, 0.1) is 12.8 Å². The Labute approximate surface area is 219 Å². The summed E-state index contributed by atoms with van der Waals surface area (Å²) in [5.74, 6) is 2.59. The van der Waals surface area contributed by atoms with Gasteiger partial charge in [-0.1, -0.05) is 18.2 Å². The van der Waals surface area contributed by atoms with Crippen LogP contribution < -0.4 is 19.1 Å². The molecule has 4 heterocycles. The van der Waals surface area contributed by atoms with Crippen molar-refractivity contribution in [3.8, 4) is 22.9 Å². The number of tetrazole rings is 1. The van der Waals surface area contributed by atoms with E-state index in [1.165, 1.54) is 5.56 Å². The van der Waals surface area contributed by atoms with Gasteiger partial charge in [0.25, 0.3) is 5.91 Å². The van der Waals surface area contributed by atoms with Gasteiger partial charge in [-0.15, -0.1) is 5.10 Å². The van der Waals surface area contributed by atoms with E-state index in [4.69, 9.17) is 14.2 Å².